The zero-order chi connectivity index (χ0) is 19.7. The van der Waals surface area contributed by atoms with Crippen LogP contribution in [0.5, 0.6) is 5.75 Å². The number of carboxylic acids is 1. The summed E-state index contributed by atoms with van der Waals surface area (Å²) in [6.07, 6.45) is 1.45. The number of ether oxygens (including phenoxy) is 1. The molecule has 0 bridgehead atoms. The Balaban J connectivity index is 1.83. The highest BCUT2D eigenvalue weighted by molar-refractivity contribution is 6.00. The molecule has 0 atom stereocenters. The summed E-state index contributed by atoms with van der Waals surface area (Å²) in [4.78, 5) is 19.9. The van der Waals surface area contributed by atoms with E-state index in [-0.39, 0.29) is 5.56 Å². The number of nitrogens with one attached hydrogen (secondary N) is 1. The quantitative estimate of drug-likeness (QED) is 0.550. The summed E-state index contributed by atoms with van der Waals surface area (Å²) in [5.41, 5.74) is 3.08. The van der Waals surface area contributed by atoms with Gasteiger partial charge in [0.1, 0.15) is 23.6 Å². The van der Waals surface area contributed by atoms with Crippen LogP contribution in [0.4, 0.5) is 11.5 Å². The molecule has 28 heavy (non-hydrogen) atoms. The lowest BCUT2D eigenvalue weighted by Gasteiger charge is -2.08. The molecule has 0 aliphatic rings. The first-order valence-corrected chi connectivity index (χ1v) is 8.49. The molecule has 0 aliphatic carbocycles. The highest BCUT2D eigenvalue weighted by Gasteiger charge is 2.17. The number of aromatic nitrogens is 4. The van der Waals surface area contributed by atoms with Crippen molar-refractivity contribution in [1.29, 1.82) is 0 Å². The van der Waals surface area contributed by atoms with Gasteiger partial charge in [-0.05, 0) is 42.5 Å². The van der Waals surface area contributed by atoms with Crippen molar-refractivity contribution >= 4 is 28.5 Å². The van der Waals surface area contributed by atoms with Crippen molar-refractivity contribution in [2.24, 2.45) is 7.05 Å². The Bertz CT molecular complexity index is 1170. The van der Waals surface area contributed by atoms with Crippen LogP contribution in [0.25, 0.3) is 22.3 Å². The van der Waals surface area contributed by atoms with E-state index in [4.69, 9.17) is 4.74 Å². The summed E-state index contributed by atoms with van der Waals surface area (Å²) < 4.78 is 6.91. The first-order chi connectivity index (χ1) is 13.6. The fraction of sp³-hybridized carbons (Fsp3) is 0.100. The molecule has 140 valence electrons. The maximum absolute atomic E-state index is 11.2. The number of nitrogens with zero attached hydrogens (tertiary/aromatic N) is 4. The van der Waals surface area contributed by atoms with E-state index in [0.29, 0.717) is 17.2 Å². The van der Waals surface area contributed by atoms with Crippen molar-refractivity contribution in [3.63, 3.8) is 0 Å². The Kier molecular flexibility index (Phi) is 4.36. The van der Waals surface area contributed by atoms with E-state index < -0.39 is 5.97 Å². The van der Waals surface area contributed by atoms with Crippen LogP contribution in [0, 0.1) is 0 Å². The van der Waals surface area contributed by atoms with Gasteiger partial charge in [-0.15, -0.1) is 0 Å². The molecule has 0 radical (unpaired) electrons. The number of carboxylic acid groups (broad SMARTS) is 1. The van der Waals surface area contributed by atoms with Gasteiger partial charge in [0, 0.05) is 18.3 Å². The van der Waals surface area contributed by atoms with Crippen LogP contribution >= 0.6 is 0 Å². The van der Waals surface area contributed by atoms with Gasteiger partial charge in [-0.2, -0.15) is 5.10 Å². The van der Waals surface area contributed by atoms with Crippen LogP contribution in [0.3, 0.4) is 0 Å². The van der Waals surface area contributed by atoms with Crippen LogP contribution in [-0.2, 0) is 7.05 Å². The van der Waals surface area contributed by atoms with Crippen molar-refractivity contribution in [1.82, 2.24) is 19.7 Å². The Morgan fingerprint density at radius 3 is 2.64 bits per heavy atom. The number of aryl methyl sites for hydroxylation is 1. The van der Waals surface area contributed by atoms with Gasteiger partial charge in [-0.25, -0.2) is 19.4 Å². The SMILES string of the molecule is COc1ccc(-c2nn(C)c3ncnc(Nc4cccc(C(=O)O)c4)c23)cc1. The van der Waals surface area contributed by atoms with E-state index in [0.717, 1.165) is 22.4 Å². The monoisotopic (exact) mass is 375 g/mol. The third-order valence-electron chi connectivity index (χ3n) is 4.36. The fourth-order valence-electron chi connectivity index (χ4n) is 3.00. The van der Waals surface area contributed by atoms with E-state index in [9.17, 15) is 9.90 Å². The van der Waals surface area contributed by atoms with Gasteiger partial charge in [-0.1, -0.05) is 6.07 Å². The maximum atomic E-state index is 11.2. The second-order valence-corrected chi connectivity index (χ2v) is 6.13. The van der Waals surface area contributed by atoms with E-state index in [1.54, 1.807) is 30.0 Å². The first kappa shape index (κ1) is 17.5. The van der Waals surface area contributed by atoms with E-state index in [1.807, 2.05) is 31.3 Å². The number of methoxy groups -OCH3 is 1. The Morgan fingerprint density at radius 1 is 1.14 bits per heavy atom. The molecule has 2 N–H and O–H groups in total. The van der Waals surface area contributed by atoms with E-state index >= 15 is 0 Å². The zero-order valence-electron chi connectivity index (χ0n) is 15.2. The first-order valence-electron chi connectivity index (χ1n) is 8.49. The minimum atomic E-state index is -0.989. The van der Waals surface area contributed by atoms with Crippen molar-refractivity contribution in [2.75, 3.05) is 12.4 Å². The average molecular weight is 375 g/mol. The highest BCUT2D eigenvalue weighted by atomic mass is 16.5. The molecule has 0 saturated heterocycles. The van der Waals surface area contributed by atoms with Crippen LogP contribution in [-0.4, -0.2) is 37.9 Å². The maximum Gasteiger partial charge on any atom is 0.335 e. The third kappa shape index (κ3) is 3.11. The number of benzene rings is 2. The molecular formula is C20H17N5O3. The van der Waals surface area contributed by atoms with Gasteiger partial charge in [0.05, 0.1) is 18.1 Å². The Hall–Kier alpha value is -3.94. The van der Waals surface area contributed by atoms with Crippen molar-refractivity contribution < 1.29 is 14.6 Å². The molecule has 4 aromatic rings. The van der Waals surface area contributed by atoms with Gasteiger partial charge in [0.15, 0.2) is 5.65 Å². The summed E-state index contributed by atoms with van der Waals surface area (Å²) in [5, 5.41) is 17.8. The van der Waals surface area contributed by atoms with Crippen LogP contribution in [0.15, 0.2) is 54.9 Å². The topological polar surface area (TPSA) is 102 Å². The lowest BCUT2D eigenvalue weighted by atomic mass is 10.1. The number of fused-ring (bicyclic) bond motifs is 1. The number of hydrogen-bond acceptors (Lipinski definition) is 6. The molecule has 0 fully saturated rings. The van der Waals surface area contributed by atoms with Crippen LogP contribution in [0.2, 0.25) is 0 Å². The molecule has 0 aliphatic heterocycles. The molecule has 2 heterocycles. The molecule has 2 aromatic carbocycles. The number of aromatic carboxylic acids is 1. The second-order valence-electron chi connectivity index (χ2n) is 6.13. The van der Waals surface area contributed by atoms with Gasteiger partial charge < -0.3 is 15.2 Å². The molecule has 8 nitrogen and oxygen atoms in total. The summed E-state index contributed by atoms with van der Waals surface area (Å²) in [6.45, 7) is 0. The average Bonchev–Trinajstić information content (AvgIpc) is 3.06. The van der Waals surface area contributed by atoms with E-state index in [1.165, 1.54) is 12.4 Å². The minimum absolute atomic E-state index is 0.192. The van der Waals surface area contributed by atoms with Gasteiger partial charge in [0.2, 0.25) is 0 Å². The summed E-state index contributed by atoms with van der Waals surface area (Å²) >= 11 is 0. The summed E-state index contributed by atoms with van der Waals surface area (Å²) in [5.74, 6) is 0.312. The van der Waals surface area contributed by atoms with E-state index in [2.05, 4.69) is 20.4 Å². The van der Waals surface area contributed by atoms with Crippen LogP contribution < -0.4 is 10.1 Å². The van der Waals surface area contributed by atoms with Crippen molar-refractivity contribution in [2.45, 2.75) is 0 Å². The zero-order valence-corrected chi connectivity index (χ0v) is 15.2. The molecule has 8 heteroatoms. The standard InChI is InChI=1S/C20H17N5O3/c1-25-19-16(17(24-25)12-6-8-15(28-2)9-7-12)18(21-11-22-19)23-14-5-3-4-13(10-14)20(26)27/h3-11H,1-2H3,(H,26,27)(H,21,22,23). The Labute approximate surface area is 160 Å². The fourth-order valence-corrected chi connectivity index (χ4v) is 3.00. The Morgan fingerprint density at radius 2 is 1.93 bits per heavy atom. The third-order valence-corrected chi connectivity index (χ3v) is 4.36. The van der Waals surface area contributed by atoms with Crippen molar-refractivity contribution in [3.8, 4) is 17.0 Å². The number of carbonyl (C=O) groups is 1. The van der Waals surface area contributed by atoms with Gasteiger partial charge in [-0.3, -0.25) is 0 Å². The predicted molar refractivity (Wildman–Crippen MR) is 105 cm³/mol. The van der Waals surface area contributed by atoms with Crippen molar-refractivity contribution in [3.05, 3.63) is 60.4 Å². The molecule has 0 spiro atoms. The smallest absolute Gasteiger partial charge is 0.335 e. The second kappa shape index (κ2) is 6.99. The lowest BCUT2D eigenvalue weighted by molar-refractivity contribution is 0.0697. The van der Waals surface area contributed by atoms with Gasteiger partial charge in [0.25, 0.3) is 0 Å². The number of hydrogen-bond donors (Lipinski definition) is 2. The normalized spacial score (nSPS) is 10.8. The molecule has 0 saturated carbocycles. The highest BCUT2D eigenvalue weighted by Crippen LogP contribution is 2.33. The lowest BCUT2D eigenvalue weighted by Crippen LogP contribution is -2.00. The minimum Gasteiger partial charge on any atom is -0.497 e. The van der Waals surface area contributed by atoms with Crippen LogP contribution in [0.1, 0.15) is 10.4 Å². The van der Waals surface area contributed by atoms with Gasteiger partial charge >= 0.3 is 5.97 Å². The molecule has 2 aromatic heterocycles. The summed E-state index contributed by atoms with van der Waals surface area (Å²) in [7, 11) is 3.43. The molecule has 4 rings (SSSR count). The summed E-state index contributed by atoms with van der Waals surface area (Å²) in [6, 6.07) is 14.1. The molecule has 0 amide bonds. The molecular weight excluding hydrogens is 358 g/mol. The predicted octanol–water partition coefficient (Wildman–Crippen LogP) is 3.48. The number of anilines is 2. The number of rotatable bonds is 5. The molecule has 0 unspecified atom stereocenters. The largest absolute Gasteiger partial charge is 0.497 e.